The van der Waals surface area contributed by atoms with E-state index < -0.39 is 23.6 Å². The van der Waals surface area contributed by atoms with Gasteiger partial charge in [-0.1, -0.05) is 32.0 Å². The summed E-state index contributed by atoms with van der Waals surface area (Å²) in [5, 5.41) is 13.8. The molecule has 1 aliphatic rings. The van der Waals surface area contributed by atoms with E-state index in [4.69, 9.17) is 0 Å². The summed E-state index contributed by atoms with van der Waals surface area (Å²) in [6.45, 7) is 10.2. The number of carbonyl (C=O) groups excluding carboxylic acids is 1. The minimum atomic E-state index is -3.13. The lowest BCUT2D eigenvalue weighted by Gasteiger charge is -2.49. The van der Waals surface area contributed by atoms with E-state index in [9.17, 15) is 18.7 Å². The van der Waals surface area contributed by atoms with E-state index in [1.807, 2.05) is 31.2 Å². The van der Waals surface area contributed by atoms with E-state index in [1.54, 1.807) is 6.07 Å². The first-order valence-electron chi connectivity index (χ1n) is 12.8. The molecule has 2 N–H and O–H groups in total. The Balaban J connectivity index is 1.68. The van der Waals surface area contributed by atoms with Crippen LogP contribution in [0.4, 0.5) is 20.2 Å². The number of carbonyl (C=O) groups is 1. The fourth-order valence-corrected chi connectivity index (χ4v) is 5.13. The number of nitrogens with zero attached hydrogens (tertiary/aromatic N) is 2. The molecule has 37 heavy (non-hydrogen) atoms. The standard InChI is InChI=1S/C30H35F2N3O2/c1-6-14-35-25-15-20(9-11-23(25)26(36)18-29(35,4)7-2)24-17-22(10-8-19(24)3)34-28(37)21-12-13-33-27(16-21)30(5,31)32/h8-13,15-17,26,36H,6-7,14,18H2,1-5H3,(H,34,37). The van der Waals surface area contributed by atoms with Crippen molar-refractivity contribution in [1.29, 1.82) is 0 Å². The number of amides is 1. The second-order valence-electron chi connectivity index (χ2n) is 10.3. The third-order valence-corrected chi connectivity index (χ3v) is 7.45. The number of benzene rings is 2. The number of nitrogens with one attached hydrogen (secondary N) is 1. The van der Waals surface area contributed by atoms with Crippen molar-refractivity contribution < 1.29 is 18.7 Å². The van der Waals surface area contributed by atoms with Crippen LogP contribution in [0.3, 0.4) is 0 Å². The van der Waals surface area contributed by atoms with E-state index in [0.717, 1.165) is 60.3 Å². The van der Waals surface area contributed by atoms with Gasteiger partial charge in [0.15, 0.2) is 0 Å². The van der Waals surface area contributed by atoms with Gasteiger partial charge in [0, 0.05) is 54.1 Å². The first-order chi connectivity index (χ1) is 17.5. The van der Waals surface area contributed by atoms with Gasteiger partial charge in [-0.3, -0.25) is 9.78 Å². The number of aromatic nitrogens is 1. The summed E-state index contributed by atoms with van der Waals surface area (Å²) in [4.78, 5) is 19.0. The van der Waals surface area contributed by atoms with Gasteiger partial charge in [-0.25, -0.2) is 0 Å². The topological polar surface area (TPSA) is 65.5 Å². The van der Waals surface area contributed by atoms with Crippen molar-refractivity contribution in [2.45, 2.75) is 71.4 Å². The number of pyridine rings is 1. The Labute approximate surface area is 217 Å². The molecule has 0 saturated heterocycles. The van der Waals surface area contributed by atoms with Gasteiger partial charge in [-0.05, 0) is 73.7 Å². The van der Waals surface area contributed by atoms with Crippen molar-refractivity contribution in [3.05, 3.63) is 77.1 Å². The Morgan fingerprint density at radius 2 is 1.95 bits per heavy atom. The van der Waals surface area contributed by atoms with Crippen molar-refractivity contribution >= 4 is 17.3 Å². The number of halogens is 2. The molecule has 0 bridgehead atoms. The maximum atomic E-state index is 13.7. The number of hydrogen-bond acceptors (Lipinski definition) is 4. The number of hydrogen-bond donors (Lipinski definition) is 2. The predicted molar refractivity (Wildman–Crippen MR) is 144 cm³/mol. The molecule has 0 aliphatic carbocycles. The summed E-state index contributed by atoms with van der Waals surface area (Å²) in [5.41, 5.74) is 5.04. The molecule has 0 radical (unpaired) electrons. The Morgan fingerprint density at radius 1 is 1.19 bits per heavy atom. The Bertz CT molecular complexity index is 1300. The fraction of sp³-hybridized carbons (Fsp3) is 0.400. The number of aryl methyl sites for hydroxylation is 1. The third-order valence-electron chi connectivity index (χ3n) is 7.45. The van der Waals surface area contributed by atoms with Crippen LogP contribution in [0.2, 0.25) is 0 Å². The molecule has 196 valence electrons. The average molecular weight is 508 g/mol. The minimum Gasteiger partial charge on any atom is -0.388 e. The minimum absolute atomic E-state index is 0.116. The first kappa shape index (κ1) is 26.7. The van der Waals surface area contributed by atoms with Crippen LogP contribution in [0.25, 0.3) is 11.1 Å². The zero-order chi connectivity index (χ0) is 27.0. The molecule has 1 aliphatic heterocycles. The molecule has 1 amide bonds. The number of alkyl halides is 2. The number of rotatable bonds is 7. The molecule has 7 heteroatoms. The summed E-state index contributed by atoms with van der Waals surface area (Å²) < 4.78 is 27.4. The van der Waals surface area contributed by atoms with Crippen molar-refractivity contribution in [3.63, 3.8) is 0 Å². The second kappa shape index (κ2) is 10.2. The molecule has 4 rings (SSSR count). The van der Waals surface area contributed by atoms with Crippen LogP contribution in [0.5, 0.6) is 0 Å². The average Bonchev–Trinajstić information content (AvgIpc) is 2.87. The Morgan fingerprint density at radius 3 is 2.62 bits per heavy atom. The summed E-state index contributed by atoms with van der Waals surface area (Å²) >= 11 is 0. The lowest BCUT2D eigenvalue weighted by molar-refractivity contribution is 0.0127. The van der Waals surface area contributed by atoms with Crippen LogP contribution in [0.15, 0.2) is 54.7 Å². The lowest BCUT2D eigenvalue weighted by Crippen LogP contribution is -2.50. The lowest BCUT2D eigenvalue weighted by atomic mass is 9.80. The maximum Gasteiger partial charge on any atom is 0.286 e. The molecule has 5 nitrogen and oxygen atoms in total. The van der Waals surface area contributed by atoms with Crippen LogP contribution in [0, 0.1) is 6.92 Å². The van der Waals surface area contributed by atoms with Gasteiger partial charge in [0.05, 0.1) is 6.10 Å². The van der Waals surface area contributed by atoms with Gasteiger partial charge in [-0.2, -0.15) is 8.78 Å². The molecule has 3 aromatic rings. The fourth-order valence-electron chi connectivity index (χ4n) is 5.13. The van der Waals surface area contributed by atoms with Crippen LogP contribution in [-0.2, 0) is 5.92 Å². The van der Waals surface area contributed by atoms with Crippen LogP contribution < -0.4 is 10.2 Å². The molecule has 0 saturated carbocycles. The van der Waals surface area contributed by atoms with E-state index in [0.29, 0.717) is 12.1 Å². The summed E-state index contributed by atoms with van der Waals surface area (Å²) in [6, 6.07) is 14.3. The molecule has 2 atom stereocenters. The third kappa shape index (κ3) is 5.37. The quantitative estimate of drug-likeness (QED) is 0.354. The van der Waals surface area contributed by atoms with Crippen molar-refractivity contribution in [3.8, 4) is 11.1 Å². The molecule has 1 aromatic heterocycles. The molecule has 2 heterocycles. The monoisotopic (exact) mass is 507 g/mol. The predicted octanol–water partition coefficient (Wildman–Crippen LogP) is 7.24. The number of anilines is 2. The smallest absolute Gasteiger partial charge is 0.286 e. The van der Waals surface area contributed by atoms with Crippen LogP contribution in [-0.4, -0.2) is 28.1 Å². The van der Waals surface area contributed by atoms with Crippen LogP contribution >= 0.6 is 0 Å². The highest BCUT2D eigenvalue weighted by Gasteiger charge is 2.39. The van der Waals surface area contributed by atoms with Gasteiger partial charge in [0.1, 0.15) is 5.69 Å². The zero-order valence-electron chi connectivity index (χ0n) is 22.1. The van der Waals surface area contributed by atoms with Crippen molar-refractivity contribution in [2.75, 3.05) is 16.8 Å². The summed E-state index contributed by atoms with van der Waals surface area (Å²) in [6.07, 6.45) is 3.31. The molecule has 0 fully saturated rings. The zero-order valence-corrected chi connectivity index (χ0v) is 22.1. The molecule has 2 aromatic carbocycles. The first-order valence-corrected chi connectivity index (χ1v) is 12.8. The summed E-state index contributed by atoms with van der Waals surface area (Å²) in [5.74, 6) is -3.61. The highest BCUT2D eigenvalue weighted by molar-refractivity contribution is 6.04. The highest BCUT2D eigenvalue weighted by atomic mass is 19.3. The number of aliphatic hydroxyl groups excluding tert-OH is 1. The maximum absolute atomic E-state index is 13.7. The number of fused-ring (bicyclic) bond motifs is 1. The second-order valence-corrected chi connectivity index (χ2v) is 10.3. The van der Waals surface area contributed by atoms with E-state index in [-0.39, 0.29) is 11.1 Å². The molecule has 2 unspecified atom stereocenters. The molecule has 0 spiro atoms. The SMILES string of the molecule is CCCN1c2cc(-c3cc(NC(=O)c4ccnc(C(C)(F)F)c4)ccc3C)ccc2C(O)CC1(C)CC. The molecular weight excluding hydrogens is 472 g/mol. The highest BCUT2D eigenvalue weighted by Crippen LogP contribution is 2.45. The normalized spacial score (nSPS) is 19.5. The van der Waals surface area contributed by atoms with E-state index in [2.05, 4.69) is 42.0 Å². The Hall–Kier alpha value is -3.32. The van der Waals surface area contributed by atoms with Gasteiger partial charge in [0.25, 0.3) is 11.8 Å². The van der Waals surface area contributed by atoms with Crippen molar-refractivity contribution in [2.24, 2.45) is 0 Å². The van der Waals surface area contributed by atoms with Gasteiger partial charge in [-0.15, -0.1) is 0 Å². The van der Waals surface area contributed by atoms with Gasteiger partial charge in [0.2, 0.25) is 0 Å². The van der Waals surface area contributed by atoms with E-state index in [1.165, 1.54) is 12.3 Å². The van der Waals surface area contributed by atoms with Crippen LogP contribution in [0.1, 0.15) is 80.2 Å². The van der Waals surface area contributed by atoms with Gasteiger partial charge >= 0.3 is 0 Å². The largest absolute Gasteiger partial charge is 0.388 e. The molecular formula is C30H35F2N3O2. The Kier molecular flexibility index (Phi) is 7.38. The van der Waals surface area contributed by atoms with Crippen molar-refractivity contribution in [1.82, 2.24) is 4.98 Å². The number of aliphatic hydroxyl groups is 1. The van der Waals surface area contributed by atoms with Gasteiger partial charge < -0.3 is 15.3 Å². The van der Waals surface area contributed by atoms with E-state index >= 15 is 0 Å². The summed E-state index contributed by atoms with van der Waals surface area (Å²) in [7, 11) is 0.